The van der Waals surface area contributed by atoms with E-state index in [2.05, 4.69) is 21.0 Å². The molecule has 0 spiro atoms. The van der Waals surface area contributed by atoms with Crippen LogP contribution in [-0.4, -0.2) is 43.7 Å². The number of anilines is 1. The summed E-state index contributed by atoms with van der Waals surface area (Å²) in [5.41, 5.74) is 5.96. The molecule has 0 unspecified atom stereocenters. The van der Waals surface area contributed by atoms with Gasteiger partial charge in [0, 0.05) is 15.1 Å². The van der Waals surface area contributed by atoms with Gasteiger partial charge in [-0.3, -0.25) is 0 Å². The zero-order chi connectivity index (χ0) is 18.6. The molecule has 0 bridgehead atoms. The van der Waals surface area contributed by atoms with Crippen LogP contribution in [0.15, 0.2) is 6.07 Å². The lowest BCUT2D eigenvalue weighted by Gasteiger charge is -2.34. The van der Waals surface area contributed by atoms with Gasteiger partial charge in [-0.05, 0) is 93.1 Å². The maximum absolute atomic E-state index is 12.9. The molecule has 1 aromatic carbocycles. The first-order valence-corrected chi connectivity index (χ1v) is 11.7. The summed E-state index contributed by atoms with van der Waals surface area (Å²) < 4.78 is 27.3. The van der Waals surface area contributed by atoms with Crippen LogP contribution in [0.4, 0.5) is 10.5 Å². The zero-order valence-electron chi connectivity index (χ0n) is 15.6. The normalized spacial score (nSPS) is 22.7. The lowest BCUT2D eigenvalue weighted by Crippen LogP contribution is -2.50. The van der Waals surface area contributed by atoms with E-state index in [1.807, 2.05) is 0 Å². The first-order chi connectivity index (χ1) is 13.0. The number of likely N-dealkylation sites (tertiary alicyclic amines) is 1. The number of carbonyl (C=O) groups excluding carboxylic acids is 1. The molecule has 2 N–H and O–H groups in total. The Kier molecular flexibility index (Phi) is 4.02. The lowest BCUT2D eigenvalue weighted by molar-refractivity contribution is 0.177. The van der Waals surface area contributed by atoms with Crippen LogP contribution in [0.3, 0.4) is 0 Å². The van der Waals surface area contributed by atoms with Gasteiger partial charge in [0.2, 0.25) is 10.0 Å². The molecule has 4 aliphatic rings. The van der Waals surface area contributed by atoms with E-state index in [-0.39, 0.29) is 2.85 Å². The van der Waals surface area contributed by atoms with Crippen molar-refractivity contribution in [1.82, 2.24) is 9.62 Å². The summed E-state index contributed by atoms with van der Waals surface area (Å²) in [4.78, 5) is 14.8. The predicted octanol–water partition coefficient (Wildman–Crippen LogP) is 2.85. The molecular weight excluding hydrogens is 362 g/mol. The van der Waals surface area contributed by atoms with Crippen molar-refractivity contribution in [3.8, 4) is 0 Å². The number of hydrogen-bond donors (Lipinski definition) is 2. The molecule has 5 rings (SSSR count). The highest BCUT2D eigenvalue weighted by Gasteiger charge is 2.56. The van der Waals surface area contributed by atoms with Crippen LogP contribution in [-0.2, 0) is 35.7 Å². The number of nitrogens with zero attached hydrogens (tertiary/aromatic N) is 1. The summed E-state index contributed by atoms with van der Waals surface area (Å²) >= 11 is 0. The lowest BCUT2D eigenvalue weighted by atomic mass is 9.99. The molecule has 150 valence electrons. The molecule has 1 aliphatic heterocycles. The molecule has 7 heteroatoms. The zero-order valence-corrected chi connectivity index (χ0v) is 16.5. The predicted molar refractivity (Wildman–Crippen MR) is 109 cm³/mol. The van der Waals surface area contributed by atoms with E-state index < -0.39 is 20.8 Å². The average Bonchev–Trinajstić information content (AvgIpc) is 3.00. The van der Waals surface area contributed by atoms with Gasteiger partial charge in [-0.1, -0.05) is 6.07 Å². The van der Waals surface area contributed by atoms with E-state index in [4.69, 9.17) is 0 Å². The van der Waals surface area contributed by atoms with Crippen molar-refractivity contribution in [3.63, 3.8) is 0 Å². The molecule has 2 amide bonds. The van der Waals surface area contributed by atoms with Crippen LogP contribution in [0.5, 0.6) is 0 Å². The molecule has 1 heterocycles. The van der Waals surface area contributed by atoms with Gasteiger partial charge in [-0.25, -0.2) is 17.9 Å². The summed E-state index contributed by atoms with van der Waals surface area (Å²) in [6, 6.07) is 1.70. The van der Waals surface area contributed by atoms with E-state index in [0.717, 1.165) is 63.7 Å². The first kappa shape index (κ1) is 17.5. The molecule has 0 radical (unpaired) electrons. The Labute approximate surface area is 163 Å². The molecule has 6 nitrogen and oxygen atoms in total. The van der Waals surface area contributed by atoms with Gasteiger partial charge in [0.05, 0.1) is 0 Å². The second-order valence-electron chi connectivity index (χ2n) is 8.61. The van der Waals surface area contributed by atoms with E-state index in [1.54, 1.807) is 0 Å². The standard InChI is InChI=1S/C20H27N3O3S.2H2/c24-19(22-27(25,26)20(8-9-20)13-23-10-3-11-23)21-18-16-6-1-4-14(16)12-15-5-2-7-17(15)18;;/h12H,1-11,13H2,(H2,21,22,24);2*1H. The fraction of sp³-hybridized carbons (Fsp3) is 0.650. The largest absolute Gasteiger partial charge is 0.332 e. The van der Waals surface area contributed by atoms with Gasteiger partial charge >= 0.3 is 6.03 Å². The summed E-state index contributed by atoms with van der Waals surface area (Å²) in [6.07, 6.45) is 8.65. The Balaban J connectivity index is 0.00000120. The highest BCUT2D eigenvalue weighted by molar-refractivity contribution is 7.91. The number of sulfonamides is 1. The molecule has 1 saturated carbocycles. The Bertz CT molecular complexity index is 880. The van der Waals surface area contributed by atoms with Gasteiger partial charge < -0.3 is 10.2 Å². The van der Waals surface area contributed by atoms with Crippen molar-refractivity contribution in [2.24, 2.45) is 0 Å². The third-order valence-corrected chi connectivity index (χ3v) is 8.91. The summed E-state index contributed by atoms with van der Waals surface area (Å²) in [6.45, 7) is 2.48. The van der Waals surface area contributed by atoms with Crippen molar-refractivity contribution < 1.29 is 16.1 Å². The maximum Gasteiger partial charge on any atom is 0.332 e. The minimum atomic E-state index is -3.67. The third kappa shape index (κ3) is 2.95. The van der Waals surface area contributed by atoms with Crippen LogP contribution in [0.1, 0.15) is 57.2 Å². The number of nitrogens with one attached hydrogen (secondary N) is 2. The molecule has 3 aliphatic carbocycles. The van der Waals surface area contributed by atoms with Crippen molar-refractivity contribution in [2.75, 3.05) is 25.0 Å². The van der Waals surface area contributed by atoms with Gasteiger partial charge in [0.1, 0.15) is 4.75 Å². The Morgan fingerprint density at radius 1 is 1.04 bits per heavy atom. The molecule has 1 saturated heterocycles. The average molecular weight is 394 g/mol. The number of aryl methyl sites for hydroxylation is 2. The number of urea groups is 1. The first-order valence-electron chi connectivity index (χ1n) is 10.2. The second-order valence-corrected chi connectivity index (χ2v) is 10.7. The van der Waals surface area contributed by atoms with E-state index in [9.17, 15) is 13.2 Å². The molecule has 1 aromatic rings. The van der Waals surface area contributed by atoms with Crippen LogP contribution in [0.25, 0.3) is 0 Å². The highest BCUT2D eigenvalue weighted by atomic mass is 32.2. The number of amides is 2. The fourth-order valence-electron chi connectivity index (χ4n) is 4.94. The van der Waals surface area contributed by atoms with E-state index in [0.29, 0.717) is 19.4 Å². The molecule has 2 fully saturated rings. The van der Waals surface area contributed by atoms with Crippen molar-refractivity contribution in [3.05, 3.63) is 28.3 Å². The Morgan fingerprint density at radius 3 is 2.19 bits per heavy atom. The Hall–Kier alpha value is -1.60. The second kappa shape index (κ2) is 6.21. The third-order valence-electron chi connectivity index (χ3n) is 6.78. The fourth-order valence-corrected chi connectivity index (χ4v) is 6.44. The van der Waals surface area contributed by atoms with E-state index in [1.165, 1.54) is 22.3 Å². The molecular formula is C20H31N3O3S. The summed E-state index contributed by atoms with van der Waals surface area (Å²) in [7, 11) is -3.67. The number of hydrogen-bond acceptors (Lipinski definition) is 4. The van der Waals surface area contributed by atoms with Crippen LogP contribution in [0, 0.1) is 0 Å². The molecule has 0 aromatic heterocycles. The topological polar surface area (TPSA) is 78.5 Å². The van der Waals surface area contributed by atoms with Gasteiger partial charge in [0.15, 0.2) is 0 Å². The van der Waals surface area contributed by atoms with E-state index >= 15 is 0 Å². The number of benzene rings is 1. The number of rotatable bonds is 5. The SMILES string of the molecule is O=C(Nc1c2c(cc3c1CCC3)CCC2)NS(=O)(=O)C1(CN2CCC2)CC1.[HH].[HH]. The minimum Gasteiger partial charge on any atom is -0.307 e. The summed E-state index contributed by atoms with van der Waals surface area (Å²) in [5.74, 6) is 0. The van der Waals surface area contributed by atoms with Gasteiger partial charge in [-0.2, -0.15) is 0 Å². The van der Waals surface area contributed by atoms with Gasteiger partial charge in [-0.15, -0.1) is 0 Å². The van der Waals surface area contributed by atoms with Crippen LogP contribution in [0.2, 0.25) is 0 Å². The van der Waals surface area contributed by atoms with Crippen LogP contribution < -0.4 is 10.0 Å². The number of carbonyl (C=O) groups is 1. The molecule has 27 heavy (non-hydrogen) atoms. The summed E-state index contributed by atoms with van der Waals surface area (Å²) in [5, 5.41) is 2.94. The van der Waals surface area contributed by atoms with Gasteiger partial charge in [0.25, 0.3) is 0 Å². The minimum absolute atomic E-state index is 0. The van der Waals surface area contributed by atoms with Crippen molar-refractivity contribution >= 4 is 21.7 Å². The van der Waals surface area contributed by atoms with Crippen LogP contribution >= 0.6 is 0 Å². The monoisotopic (exact) mass is 393 g/mol. The quantitative estimate of drug-likeness (QED) is 0.806. The van der Waals surface area contributed by atoms with Crippen molar-refractivity contribution in [1.29, 1.82) is 0 Å². The molecule has 0 atom stereocenters. The smallest absolute Gasteiger partial charge is 0.307 e. The number of fused-ring (bicyclic) bond motifs is 2. The highest BCUT2D eigenvalue weighted by Crippen LogP contribution is 2.44. The Morgan fingerprint density at radius 2 is 1.67 bits per heavy atom. The maximum atomic E-state index is 12.9. The van der Waals surface area contributed by atoms with Crippen molar-refractivity contribution in [2.45, 2.75) is 62.5 Å².